The fourth-order valence-corrected chi connectivity index (χ4v) is 12.7. The molecule has 6 aromatic rings. The molecule has 71 heavy (non-hydrogen) atoms. The van der Waals surface area contributed by atoms with E-state index in [4.69, 9.17) is 0 Å². The molecule has 352 valence electrons. The molecule has 1 fully saturated rings. The van der Waals surface area contributed by atoms with Gasteiger partial charge in [-0.3, -0.25) is 0 Å². The summed E-state index contributed by atoms with van der Waals surface area (Å²) in [5.74, 6) is 0.574. The van der Waals surface area contributed by atoms with Crippen molar-refractivity contribution < 1.29 is 4.39 Å². The summed E-state index contributed by atoms with van der Waals surface area (Å²) < 4.78 is 14.5. The molecule has 6 aromatic carbocycles. The molecule has 4 nitrogen and oxygen atoms in total. The van der Waals surface area contributed by atoms with Gasteiger partial charge in [0.05, 0.1) is 17.6 Å². The summed E-state index contributed by atoms with van der Waals surface area (Å²) in [6.07, 6.45) is 33.2. The number of hydrogen-bond donors (Lipinski definition) is 0. The highest BCUT2D eigenvalue weighted by Crippen LogP contribution is 2.58. The number of benzene rings is 6. The first-order valence-corrected chi connectivity index (χ1v) is 25.6. The van der Waals surface area contributed by atoms with Crippen molar-refractivity contribution in [3.8, 4) is 11.1 Å². The van der Waals surface area contributed by atoms with Crippen molar-refractivity contribution in [2.45, 2.75) is 70.5 Å². The van der Waals surface area contributed by atoms with Gasteiger partial charge in [0.15, 0.2) is 0 Å². The Morgan fingerprint density at radius 3 is 1.89 bits per heavy atom. The summed E-state index contributed by atoms with van der Waals surface area (Å²) in [4.78, 5) is 9.94. The van der Waals surface area contributed by atoms with Crippen molar-refractivity contribution in [2.24, 2.45) is 17.3 Å². The summed E-state index contributed by atoms with van der Waals surface area (Å²) in [5.41, 5.74) is 15.1. The van der Waals surface area contributed by atoms with Crippen molar-refractivity contribution in [2.75, 3.05) is 19.6 Å². The Bertz CT molecular complexity index is 3210. The van der Waals surface area contributed by atoms with E-state index in [1.54, 1.807) is 12.1 Å². The summed E-state index contributed by atoms with van der Waals surface area (Å²) in [5, 5.41) is 0. The fraction of sp³-hybridized carbons (Fsp3) is 0.212. The predicted octanol–water partition coefficient (Wildman–Crippen LogP) is 16.5. The van der Waals surface area contributed by atoms with Crippen molar-refractivity contribution in [1.29, 1.82) is 0 Å². The van der Waals surface area contributed by atoms with E-state index < -0.39 is 0 Å². The van der Waals surface area contributed by atoms with Crippen LogP contribution in [-0.2, 0) is 6.42 Å². The van der Waals surface area contributed by atoms with Crippen LogP contribution in [0.1, 0.15) is 57.6 Å². The second kappa shape index (κ2) is 18.0. The summed E-state index contributed by atoms with van der Waals surface area (Å²) >= 11 is 0. The van der Waals surface area contributed by atoms with E-state index in [9.17, 15) is 4.39 Å². The quantitative estimate of drug-likeness (QED) is 0.128. The molecule has 0 radical (unpaired) electrons. The monoisotopic (exact) mass is 928 g/mol. The zero-order valence-electron chi connectivity index (χ0n) is 41.1. The smallest absolute Gasteiger partial charge is 0.123 e. The molecule has 0 aromatic heterocycles. The molecule has 1 saturated heterocycles. The van der Waals surface area contributed by atoms with Crippen LogP contribution in [0.4, 0.5) is 38.5 Å². The fourth-order valence-electron chi connectivity index (χ4n) is 12.7. The Morgan fingerprint density at radius 1 is 0.620 bits per heavy atom. The molecule has 2 aliphatic heterocycles. The Kier molecular flexibility index (Phi) is 11.3. The van der Waals surface area contributed by atoms with Crippen LogP contribution in [0.25, 0.3) is 11.1 Å². The summed E-state index contributed by atoms with van der Waals surface area (Å²) in [7, 11) is 0. The number of nitrogens with zero attached hydrogens (tertiary/aromatic N) is 4. The number of anilines is 6. The van der Waals surface area contributed by atoms with Gasteiger partial charge < -0.3 is 19.6 Å². The topological polar surface area (TPSA) is 13.0 Å². The van der Waals surface area contributed by atoms with Gasteiger partial charge in [-0.05, 0) is 145 Å². The molecular weight excluding hydrogens is 868 g/mol. The van der Waals surface area contributed by atoms with E-state index in [2.05, 4.69) is 254 Å². The van der Waals surface area contributed by atoms with Gasteiger partial charge in [0.1, 0.15) is 5.82 Å². The molecule has 6 aliphatic rings. The van der Waals surface area contributed by atoms with Crippen LogP contribution < -0.4 is 19.6 Å². The van der Waals surface area contributed by atoms with Crippen LogP contribution >= 0.6 is 0 Å². The normalized spacial score (nSPS) is 25.5. The average Bonchev–Trinajstić information content (AvgIpc) is 3.82. The lowest BCUT2D eigenvalue weighted by Gasteiger charge is -2.46. The van der Waals surface area contributed by atoms with Gasteiger partial charge in [-0.15, -0.1) is 0 Å². The van der Waals surface area contributed by atoms with Crippen molar-refractivity contribution in [3.05, 3.63) is 265 Å². The minimum atomic E-state index is -0.265. The number of aryl methyl sites for hydroxylation is 1. The zero-order chi connectivity index (χ0) is 48.3. The van der Waals surface area contributed by atoms with Crippen molar-refractivity contribution >= 4 is 34.1 Å². The Balaban J connectivity index is 0.870. The molecule has 0 amide bonds. The maximum absolute atomic E-state index is 14.5. The van der Waals surface area contributed by atoms with E-state index >= 15 is 0 Å². The Hall–Kier alpha value is -7.63. The van der Waals surface area contributed by atoms with Crippen LogP contribution in [0.5, 0.6) is 0 Å². The van der Waals surface area contributed by atoms with E-state index in [1.807, 2.05) is 12.1 Å². The van der Waals surface area contributed by atoms with Crippen molar-refractivity contribution in [3.63, 3.8) is 0 Å². The van der Waals surface area contributed by atoms with E-state index in [-0.39, 0.29) is 34.8 Å². The van der Waals surface area contributed by atoms with Crippen LogP contribution in [0.15, 0.2) is 248 Å². The first-order chi connectivity index (χ1) is 34.7. The maximum atomic E-state index is 14.5. The lowest BCUT2D eigenvalue weighted by Crippen LogP contribution is -2.52. The lowest BCUT2D eigenvalue weighted by atomic mass is 9.69. The third kappa shape index (κ3) is 7.65. The van der Waals surface area contributed by atoms with E-state index in [0.29, 0.717) is 11.8 Å². The van der Waals surface area contributed by atoms with Gasteiger partial charge in [0, 0.05) is 68.5 Å². The number of para-hydroxylation sites is 2. The first kappa shape index (κ1) is 44.6. The van der Waals surface area contributed by atoms with E-state index in [1.165, 1.54) is 39.6 Å². The molecule has 0 N–H and O–H groups in total. The van der Waals surface area contributed by atoms with Crippen LogP contribution in [0.3, 0.4) is 0 Å². The molecule has 7 atom stereocenters. The molecule has 0 saturated carbocycles. The summed E-state index contributed by atoms with van der Waals surface area (Å²) in [6.45, 7) is 9.40. The van der Waals surface area contributed by atoms with Crippen LogP contribution in [-0.4, -0.2) is 17.6 Å². The first-order valence-electron chi connectivity index (χ1n) is 25.6. The van der Waals surface area contributed by atoms with Gasteiger partial charge >= 0.3 is 0 Å². The highest BCUT2D eigenvalue weighted by atomic mass is 19.1. The van der Waals surface area contributed by atoms with Crippen molar-refractivity contribution in [1.82, 2.24) is 0 Å². The van der Waals surface area contributed by atoms with Crippen LogP contribution in [0.2, 0.25) is 0 Å². The third-order valence-corrected chi connectivity index (χ3v) is 16.2. The Labute approximate surface area is 419 Å². The highest BCUT2D eigenvalue weighted by molar-refractivity contribution is 5.79. The number of rotatable bonds is 11. The molecule has 5 heteroatoms. The minimum Gasteiger partial charge on any atom is -0.354 e. The number of halogens is 1. The van der Waals surface area contributed by atoms with Gasteiger partial charge in [-0.25, -0.2) is 4.39 Å². The van der Waals surface area contributed by atoms with E-state index in [0.717, 1.165) is 53.1 Å². The number of hydrogen-bond acceptors (Lipinski definition) is 4. The second-order valence-electron chi connectivity index (χ2n) is 20.6. The second-order valence-corrected chi connectivity index (χ2v) is 20.6. The lowest BCUT2D eigenvalue weighted by molar-refractivity contribution is 0.314. The summed E-state index contributed by atoms with van der Waals surface area (Å²) in [6, 6.07) is 54.3. The van der Waals surface area contributed by atoms with Gasteiger partial charge in [0.2, 0.25) is 0 Å². The molecule has 4 aliphatic carbocycles. The zero-order valence-corrected chi connectivity index (χ0v) is 41.1. The Morgan fingerprint density at radius 2 is 1.21 bits per heavy atom. The van der Waals surface area contributed by atoms with Gasteiger partial charge in [0.25, 0.3) is 0 Å². The predicted molar refractivity (Wildman–Crippen MR) is 295 cm³/mol. The standard InChI is InChI=1S/C66H61FN4/c1-5-15-47-24-32-52(33-25-47)69(57-40-41-64-65(3,45-57)59-20-11-14-23-63(59)70(64)51-17-7-6-8-18-51)54-36-28-49(29-37-54)48-26-34-53(35-27-48)68(55-38-30-50(67)31-39-55)56-42-43-66(4)60(44-56)58-19-10-13-22-62(58)71(66)61-21-12-9-16-46(61)2/h6-14,16-44,46,59-61,63H,5,15,45H2,1-4H3/t46-,59?,60?,61?,63?,65+,66?/m1/s1. The molecule has 0 spiro atoms. The maximum Gasteiger partial charge on any atom is 0.123 e. The van der Waals surface area contributed by atoms with Crippen LogP contribution in [0, 0.1) is 23.1 Å². The highest BCUT2D eigenvalue weighted by Gasteiger charge is 2.54. The SMILES string of the molecule is CCCc1ccc(N(C2=CC=C3N(c4ccccc4)C4C=CC=CC4[C@]3(C)C2)c2ccc(-c3ccc(N(C4=CC5c6ccccc6N(C6C=CC=C[C@H]6C)C5(C)C=C4)c4ccc(F)cc4)cc3)cc2)cc1. The molecule has 0 bridgehead atoms. The third-order valence-electron chi connectivity index (χ3n) is 16.2. The molecule has 12 rings (SSSR count). The minimum absolute atomic E-state index is 0.107. The van der Waals surface area contributed by atoms with Gasteiger partial charge in [-0.1, -0.05) is 161 Å². The molecule has 5 unspecified atom stereocenters. The number of allylic oxidation sites excluding steroid dienone is 9. The average molecular weight is 929 g/mol. The molecule has 2 heterocycles. The van der Waals surface area contributed by atoms with Gasteiger partial charge in [-0.2, -0.15) is 0 Å². The largest absolute Gasteiger partial charge is 0.354 e. The number of fused-ring (bicyclic) bond motifs is 6. The molecular formula is C66H61FN4.